The molecule has 0 aromatic heterocycles. The molecule has 0 saturated heterocycles. The predicted molar refractivity (Wildman–Crippen MR) is 79.5 cm³/mol. The summed E-state index contributed by atoms with van der Waals surface area (Å²) in [6.07, 6.45) is 0.0287. The lowest BCUT2D eigenvalue weighted by Gasteiger charge is -2.24. The van der Waals surface area contributed by atoms with E-state index in [1.165, 1.54) is 24.3 Å². The van der Waals surface area contributed by atoms with Crippen LogP contribution in [0.2, 0.25) is 5.02 Å². The Morgan fingerprint density at radius 2 is 1.71 bits per heavy atom. The van der Waals surface area contributed by atoms with E-state index in [1.807, 2.05) is 0 Å². The second kappa shape index (κ2) is 5.94. The van der Waals surface area contributed by atoms with Crippen molar-refractivity contribution in [2.24, 2.45) is 0 Å². The minimum Gasteiger partial charge on any atom is -0.298 e. The minimum atomic E-state index is -0.802. The van der Waals surface area contributed by atoms with Crippen LogP contribution in [0.4, 0.5) is 8.78 Å². The third-order valence-electron chi connectivity index (χ3n) is 3.65. The molecule has 0 aliphatic rings. The van der Waals surface area contributed by atoms with Gasteiger partial charge >= 0.3 is 0 Å². The first-order chi connectivity index (χ1) is 9.82. The van der Waals surface area contributed by atoms with Gasteiger partial charge in [0.2, 0.25) is 0 Å². The highest BCUT2D eigenvalue weighted by Gasteiger charge is 2.30. The number of carbonyl (C=O) groups excluding carboxylic acids is 1. The summed E-state index contributed by atoms with van der Waals surface area (Å²) in [4.78, 5) is 12.5. The van der Waals surface area contributed by atoms with Crippen molar-refractivity contribution in [1.82, 2.24) is 0 Å². The molecule has 0 bridgehead atoms. The van der Waals surface area contributed by atoms with E-state index in [-0.39, 0.29) is 23.0 Å². The van der Waals surface area contributed by atoms with Crippen molar-refractivity contribution < 1.29 is 13.6 Å². The van der Waals surface area contributed by atoms with E-state index in [4.69, 9.17) is 11.6 Å². The van der Waals surface area contributed by atoms with Crippen molar-refractivity contribution in [2.45, 2.75) is 25.7 Å². The summed E-state index contributed by atoms with van der Waals surface area (Å²) in [6.45, 7) is 3.52. The van der Waals surface area contributed by atoms with Crippen LogP contribution in [0.3, 0.4) is 0 Å². The second-order valence-electron chi connectivity index (χ2n) is 5.44. The molecule has 0 aliphatic carbocycles. The molecule has 0 spiro atoms. The Hall–Kier alpha value is -1.74. The van der Waals surface area contributed by atoms with Gasteiger partial charge in [-0.2, -0.15) is 0 Å². The lowest BCUT2D eigenvalue weighted by molar-refractivity contribution is -0.122. The maximum absolute atomic E-state index is 13.4. The van der Waals surface area contributed by atoms with E-state index in [2.05, 4.69) is 0 Å². The van der Waals surface area contributed by atoms with Crippen LogP contribution in [0.25, 0.3) is 0 Å². The molecule has 2 aromatic carbocycles. The van der Waals surface area contributed by atoms with Gasteiger partial charge in [0, 0.05) is 11.8 Å². The first-order valence-corrected chi connectivity index (χ1v) is 6.92. The molecule has 1 nitrogen and oxygen atoms in total. The largest absolute Gasteiger partial charge is 0.298 e. The monoisotopic (exact) mass is 308 g/mol. The summed E-state index contributed by atoms with van der Waals surface area (Å²) in [7, 11) is 0. The molecule has 0 unspecified atom stereocenters. The Morgan fingerprint density at radius 3 is 2.33 bits per heavy atom. The fraction of sp³-hybridized carbons (Fsp3) is 0.235. The first kappa shape index (κ1) is 15.6. The van der Waals surface area contributed by atoms with Gasteiger partial charge in [0.05, 0.1) is 5.02 Å². The Morgan fingerprint density at radius 1 is 1.10 bits per heavy atom. The van der Waals surface area contributed by atoms with Crippen molar-refractivity contribution in [3.05, 3.63) is 70.2 Å². The molecule has 0 amide bonds. The van der Waals surface area contributed by atoms with Gasteiger partial charge in [-0.25, -0.2) is 8.78 Å². The summed E-state index contributed by atoms with van der Waals surface area (Å²) in [5, 5.41) is -0.0271. The molecule has 0 aliphatic heterocycles. The van der Waals surface area contributed by atoms with Gasteiger partial charge in [-0.15, -0.1) is 0 Å². The van der Waals surface area contributed by atoms with Crippen molar-refractivity contribution >= 4 is 17.4 Å². The molecule has 4 heteroatoms. The Bertz CT molecular complexity index is 663. The molecule has 0 saturated carbocycles. The number of hydrogen-bond donors (Lipinski definition) is 0. The van der Waals surface area contributed by atoms with E-state index < -0.39 is 11.2 Å². The number of ketones is 1. The van der Waals surface area contributed by atoms with Crippen molar-refractivity contribution in [2.75, 3.05) is 0 Å². The van der Waals surface area contributed by atoms with Crippen molar-refractivity contribution in [3.63, 3.8) is 0 Å². The third-order valence-corrected chi connectivity index (χ3v) is 4.07. The lowest BCUT2D eigenvalue weighted by atomic mass is 9.78. The molecule has 0 radical (unpaired) electrons. The maximum atomic E-state index is 13.4. The van der Waals surface area contributed by atoms with Crippen LogP contribution in [-0.2, 0) is 16.6 Å². The summed E-state index contributed by atoms with van der Waals surface area (Å²) in [5.74, 6) is -1.00. The number of rotatable bonds is 4. The van der Waals surface area contributed by atoms with Crippen LogP contribution < -0.4 is 0 Å². The predicted octanol–water partition coefficient (Wildman–Crippen LogP) is 4.71. The lowest BCUT2D eigenvalue weighted by Crippen LogP contribution is -2.30. The van der Waals surface area contributed by atoms with E-state index in [0.717, 1.165) is 0 Å². The van der Waals surface area contributed by atoms with Gasteiger partial charge in [0.1, 0.15) is 17.4 Å². The highest BCUT2D eigenvalue weighted by Crippen LogP contribution is 2.28. The Kier molecular flexibility index (Phi) is 4.43. The number of carbonyl (C=O) groups is 1. The van der Waals surface area contributed by atoms with Gasteiger partial charge in [-0.05, 0) is 43.2 Å². The van der Waals surface area contributed by atoms with Crippen LogP contribution in [0.1, 0.15) is 25.0 Å². The standard InChI is InChI=1S/C17H15ClF2O/c1-17(2,12-6-8-13(19)9-7-12)15(21)10-11-4-3-5-14(20)16(11)18/h3-9H,10H2,1-2H3. The highest BCUT2D eigenvalue weighted by molar-refractivity contribution is 6.31. The molecular weight excluding hydrogens is 294 g/mol. The molecule has 0 N–H and O–H groups in total. The van der Waals surface area contributed by atoms with Crippen LogP contribution in [0.15, 0.2) is 42.5 Å². The van der Waals surface area contributed by atoms with Crippen LogP contribution >= 0.6 is 11.6 Å². The van der Waals surface area contributed by atoms with Gasteiger partial charge in [0.25, 0.3) is 0 Å². The zero-order valence-electron chi connectivity index (χ0n) is 11.8. The molecule has 2 aromatic rings. The van der Waals surface area contributed by atoms with E-state index >= 15 is 0 Å². The molecule has 2 rings (SSSR count). The third kappa shape index (κ3) is 3.30. The average Bonchev–Trinajstić information content (AvgIpc) is 2.44. The second-order valence-corrected chi connectivity index (χ2v) is 5.82. The SMILES string of the molecule is CC(C)(C(=O)Cc1cccc(F)c1Cl)c1ccc(F)cc1. The summed E-state index contributed by atoms with van der Waals surface area (Å²) in [6, 6.07) is 10.2. The number of Topliss-reactive ketones (excluding diaryl/α,β-unsaturated/α-hetero) is 1. The smallest absolute Gasteiger partial charge is 0.147 e. The normalized spacial score (nSPS) is 11.5. The zero-order chi connectivity index (χ0) is 15.6. The molecule has 21 heavy (non-hydrogen) atoms. The number of hydrogen-bond acceptors (Lipinski definition) is 1. The van der Waals surface area contributed by atoms with Gasteiger partial charge in [0.15, 0.2) is 0 Å². The van der Waals surface area contributed by atoms with Crippen molar-refractivity contribution in [3.8, 4) is 0 Å². The van der Waals surface area contributed by atoms with Crippen LogP contribution in [0.5, 0.6) is 0 Å². The highest BCUT2D eigenvalue weighted by atomic mass is 35.5. The number of halogens is 3. The van der Waals surface area contributed by atoms with Gasteiger partial charge in [-0.1, -0.05) is 35.9 Å². The zero-order valence-corrected chi connectivity index (χ0v) is 12.5. The quantitative estimate of drug-likeness (QED) is 0.799. The Balaban J connectivity index is 2.26. The minimum absolute atomic E-state index is 0.0271. The molecule has 110 valence electrons. The summed E-state index contributed by atoms with van der Waals surface area (Å²) in [5.41, 5.74) is 0.363. The average molecular weight is 309 g/mol. The molecular formula is C17H15ClF2O. The summed E-state index contributed by atoms with van der Waals surface area (Å²) < 4.78 is 26.4. The molecule has 0 atom stereocenters. The summed E-state index contributed by atoms with van der Waals surface area (Å²) >= 11 is 5.88. The fourth-order valence-corrected chi connectivity index (χ4v) is 2.30. The topological polar surface area (TPSA) is 17.1 Å². The first-order valence-electron chi connectivity index (χ1n) is 6.54. The fourth-order valence-electron chi connectivity index (χ4n) is 2.11. The van der Waals surface area contributed by atoms with E-state index in [0.29, 0.717) is 11.1 Å². The molecule has 0 fully saturated rings. The van der Waals surface area contributed by atoms with Crippen LogP contribution in [0, 0.1) is 11.6 Å². The van der Waals surface area contributed by atoms with E-state index in [9.17, 15) is 13.6 Å². The number of benzene rings is 2. The maximum Gasteiger partial charge on any atom is 0.147 e. The van der Waals surface area contributed by atoms with Crippen molar-refractivity contribution in [1.29, 1.82) is 0 Å². The van der Waals surface area contributed by atoms with Gasteiger partial charge < -0.3 is 0 Å². The van der Waals surface area contributed by atoms with Gasteiger partial charge in [-0.3, -0.25) is 4.79 Å². The van der Waals surface area contributed by atoms with E-state index in [1.54, 1.807) is 32.0 Å². The van der Waals surface area contributed by atoms with Crippen LogP contribution in [-0.4, -0.2) is 5.78 Å². The molecule has 0 heterocycles. The Labute approximate surface area is 127 Å².